The van der Waals surface area contributed by atoms with Gasteiger partial charge < -0.3 is 37.5 Å². The average molecular weight is 604 g/mol. The molecular weight excluding hydrogens is 558 g/mol. The lowest BCUT2D eigenvalue weighted by molar-refractivity contribution is -0.137. The number of primary amides is 1. The van der Waals surface area contributed by atoms with Crippen LogP contribution in [-0.2, 0) is 30.4 Å². The minimum atomic E-state index is -1.47. The number of rotatable bonds is 18. The minimum Gasteiger partial charge on any atom is -0.391 e. The molecule has 1 aromatic carbocycles. The molecule has 5 amide bonds. The highest BCUT2D eigenvalue weighted by Crippen LogP contribution is 2.21. The number of amides is 5. The van der Waals surface area contributed by atoms with E-state index < -0.39 is 59.7 Å². The van der Waals surface area contributed by atoms with Crippen LogP contribution in [0.25, 0.3) is 10.9 Å². The molecule has 0 spiro atoms. The van der Waals surface area contributed by atoms with Gasteiger partial charge in [-0.25, -0.2) is 5.48 Å². The fraction of sp³-hybridized carbons (Fsp3) is 0.552. The smallest absolute Gasteiger partial charge is 0.245 e. The number of carbonyl (C=O) groups excluding carboxylic acids is 5. The molecule has 0 saturated carbocycles. The number of hydrogen-bond acceptors (Lipinski definition) is 8. The highest BCUT2D eigenvalue weighted by molar-refractivity contribution is 5.95. The van der Waals surface area contributed by atoms with Gasteiger partial charge in [0.25, 0.3) is 0 Å². The maximum atomic E-state index is 13.7. The average Bonchev–Trinajstić information content (AvgIpc) is 3.36. The van der Waals surface area contributed by atoms with Crippen LogP contribution in [0.4, 0.5) is 0 Å². The molecule has 2 rings (SSSR count). The van der Waals surface area contributed by atoms with E-state index in [4.69, 9.17) is 16.7 Å². The normalized spacial score (nSPS) is 14.8. The standard InChI is InChI=1S/C29H45N7O7/c1-16(2)12-18(14-24(38)36-43)27(40)34-23(13-19-15-32-21-9-5-4-8-20(19)21)28(41)35-25(17(3)37)29(42)33-22(26(31)39)10-6-7-11-30/h4-5,8-9,15-18,22-23,25,32,37,43H,6-7,10-14,30H2,1-3H3,(H2,31,39)(H,33,42)(H,34,40)(H,35,41)(H,36,38)/t17-,18-,22+,23+,25+/m1/s1. The Hall–Kier alpha value is -4.01. The molecule has 0 bridgehead atoms. The number of para-hydroxylation sites is 1. The minimum absolute atomic E-state index is 0.0132. The van der Waals surface area contributed by atoms with Crippen molar-refractivity contribution < 1.29 is 34.3 Å². The van der Waals surface area contributed by atoms with E-state index in [9.17, 15) is 29.1 Å². The number of nitrogens with two attached hydrogens (primary N) is 2. The van der Waals surface area contributed by atoms with E-state index in [1.54, 1.807) is 6.20 Å². The maximum Gasteiger partial charge on any atom is 0.245 e. The number of fused-ring (bicyclic) bond motifs is 1. The number of benzene rings is 1. The van der Waals surface area contributed by atoms with Crippen LogP contribution in [0, 0.1) is 11.8 Å². The van der Waals surface area contributed by atoms with E-state index in [2.05, 4.69) is 20.9 Å². The van der Waals surface area contributed by atoms with Gasteiger partial charge in [0, 0.05) is 35.9 Å². The molecule has 2 aromatic rings. The van der Waals surface area contributed by atoms with Gasteiger partial charge in [0.1, 0.15) is 18.1 Å². The molecule has 0 unspecified atom stereocenters. The van der Waals surface area contributed by atoms with Crippen molar-refractivity contribution in [3.8, 4) is 0 Å². The van der Waals surface area contributed by atoms with Crippen LogP contribution in [0.5, 0.6) is 0 Å². The van der Waals surface area contributed by atoms with Crippen molar-refractivity contribution in [2.45, 2.75) is 83.5 Å². The molecule has 1 aromatic heterocycles. The molecule has 1 heterocycles. The molecule has 0 aliphatic heterocycles. The second-order valence-corrected chi connectivity index (χ2v) is 11.2. The van der Waals surface area contributed by atoms with Crippen LogP contribution in [0.3, 0.4) is 0 Å². The lowest BCUT2D eigenvalue weighted by Crippen LogP contribution is -2.60. The van der Waals surface area contributed by atoms with E-state index in [0.717, 1.165) is 10.9 Å². The Kier molecular flexibility index (Phi) is 14.1. The summed E-state index contributed by atoms with van der Waals surface area (Å²) in [6.07, 6.45) is 1.73. The first-order valence-electron chi connectivity index (χ1n) is 14.4. The number of H-pyrrole nitrogens is 1. The Morgan fingerprint density at radius 2 is 1.60 bits per heavy atom. The van der Waals surface area contributed by atoms with Crippen LogP contribution in [-0.4, -0.2) is 75.6 Å². The van der Waals surface area contributed by atoms with Crippen LogP contribution in [0.15, 0.2) is 30.5 Å². The zero-order valence-electron chi connectivity index (χ0n) is 24.9. The lowest BCUT2D eigenvalue weighted by atomic mass is 9.92. The zero-order chi connectivity index (χ0) is 32.1. The van der Waals surface area contributed by atoms with E-state index in [1.165, 1.54) is 12.4 Å². The number of hydroxylamine groups is 1. The molecule has 43 heavy (non-hydrogen) atoms. The third-order valence-electron chi connectivity index (χ3n) is 7.08. The van der Waals surface area contributed by atoms with Gasteiger partial charge in [-0.1, -0.05) is 32.0 Å². The van der Waals surface area contributed by atoms with Gasteiger partial charge in [-0.15, -0.1) is 0 Å². The number of carbonyl (C=O) groups is 5. The second-order valence-electron chi connectivity index (χ2n) is 11.2. The van der Waals surface area contributed by atoms with Gasteiger partial charge >= 0.3 is 0 Å². The Bertz CT molecular complexity index is 1250. The molecule has 238 valence electrons. The predicted octanol–water partition coefficient (Wildman–Crippen LogP) is -0.282. The molecule has 0 saturated heterocycles. The van der Waals surface area contributed by atoms with Crippen LogP contribution >= 0.6 is 0 Å². The summed E-state index contributed by atoms with van der Waals surface area (Å²) in [5.74, 6) is -4.54. The summed E-state index contributed by atoms with van der Waals surface area (Å²) < 4.78 is 0. The van der Waals surface area contributed by atoms with Gasteiger partial charge in [-0.2, -0.15) is 0 Å². The largest absolute Gasteiger partial charge is 0.391 e. The second kappa shape index (κ2) is 17.2. The van der Waals surface area contributed by atoms with E-state index in [0.29, 0.717) is 31.4 Å². The van der Waals surface area contributed by atoms with Gasteiger partial charge in [0.2, 0.25) is 29.5 Å². The first-order chi connectivity index (χ1) is 20.4. The Balaban J connectivity index is 2.33. The number of hydrogen-bond donors (Lipinski definition) is 9. The van der Waals surface area contributed by atoms with Gasteiger partial charge in [0.15, 0.2) is 0 Å². The van der Waals surface area contributed by atoms with Crippen LogP contribution < -0.4 is 32.9 Å². The maximum absolute atomic E-state index is 13.7. The number of aromatic nitrogens is 1. The van der Waals surface area contributed by atoms with Gasteiger partial charge in [-0.05, 0) is 56.7 Å². The first kappa shape index (κ1) is 35.2. The van der Waals surface area contributed by atoms with Crippen molar-refractivity contribution in [2.24, 2.45) is 23.3 Å². The van der Waals surface area contributed by atoms with Crippen molar-refractivity contribution in [3.63, 3.8) is 0 Å². The molecule has 0 aliphatic rings. The van der Waals surface area contributed by atoms with E-state index in [-0.39, 0.29) is 25.2 Å². The molecule has 5 atom stereocenters. The summed E-state index contributed by atoms with van der Waals surface area (Å²) in [4.78, 5) is 67.1. The SMILES string of the molecule is CC(C)C[C@H](CC(=O)NO)C(=O)N[C@@H](Cc1c[nH]c2ccccc12)C(=O)N[C@H](C(=O)N[C@@H](CCCCN)C(N)=O)[C@@H](C)O. The van der Waals surface area contributed by atoms with Crippen LogP contribution in [0.1, 0.15) is 58.4 Å². The molecular formula is C29H45N7O7. The highest BCUT2D eigenvalue weighted by atomic mass is 16.5. The molecule has 14 nitrogen and oxygen atoms in total. The summed E-state index contributed by atoms with van der Waals surface area (Å²) >= 11 is 0. The number of aromatic amines is 1. The zero-order valence-corrected chi connectivity index (χ0v) is 24.9. The van der Waals surface area contributed by atoms with Crippen molar-refractivity contribution in [1.82, 2.24) is 26.4 Å². The number of aliphatic hydroxyl groups is 1. The summed E-state index contributed by atoms with van der Waals surface area (Å²) in [5, 5.41) is 27.9. The van der Waals surface area contributed by atoms with Crippen molar-refractivity contribution in [1.29, 1.82) is 0 Å². The summed E-state index contributed by atoms with van der Waals surface area (Å²) in [6, 6.07) is 3.66. The number of nitrogens with one attached hydrogen (secondary N) is 5. The highest BCUT2D eigenvalue weighted by Gasteiger charge is 2.33. The Morgan fingerprint density at radius 3 is 2.21 bits per heavy atom. The van der Waals surface area contributed by atoms with E-state index in [1.807, 2.05) is 38.1 Å². The summed E-state index contributed by atoms with van der Waals surface area (Å²) in [6.45, 7) is 5.44. The van der Waals surface area contributed by atoms with Gasteiger partial charge in [0.05, 0.1) is 6.10 Å². The first-order valence-corrected chi connectivity index (χ1v) is 14.4. The molecule has 14 heteroatoms. The quantitative estimate of drug-likeness (QED) is 0.0622. The Morgan fingerprint density at radius 1 is 0.930 bits per heavy atom. The molecule has 0 aliphatic carbocycles. The van der Waals surface area contributed by atoms with Crippen molar-refractivity contribution >= 4 is 40.4 Å². The predicted molar refractivity (Wildman–Crippen MR) is 159 cm³/mol. The van der Waals surface area contributed by atoms with Crippen LogP contribution in [0.2, 0.25) is 0 Å². The fourth-order valence-electron chi connectivity index (χ4n) is 4.84. The molecule has 0 radical (unpaired) electrons. The van der Waals surface area contributed by atoms with E-state index >= 15 is 0 Å². The topological polar surface area (TPSA) is 242 Å². The number of aliphatic hydroxyl groups excluding tert-OH is 1. The third kappa shape index (κ3) is 11.0. The Labute approximate surface area is 250 Å². The number of unbranched alkanes of at least 4 members (excludes halogenated alkanes) is 1. The third-order valence-corrected chi connectivity index (χ3v) is 7.08. The van der Waals surface area contributed by atoms with Crippen molar-refractivity contribution in [3.05, 3.63) is 36.0 Å². The summed E-state index contributed by atoms with van der Waals surface area (Å²) in [5.41, 5.74) is 14.0. The molecule has 11 N–H and O–H groups in total. The van der Waals surface area contributed by atoms with Gasteiger partial charge in [-0.3, -0.25) is 29.2 Å². The summed E-state index contributed by atoms with van der Waals surface area (Å²) in [7, 11) is 0. The van der Waals surface area contributed by atoms with Crippen molar-refractivity contribution in [2.75, 3.05) is 6.54 Å². The monoisotopic (exact) mass is 603 g/mol. The molecule has 0 fully saturated rings. The lowest BCUT2D eigenvalue weighted by Gasteiger charge is -2.27. The fourth-order valence-corrected chi connectivity index (χ4v) is 4.84.